The first-order chi connectivity index (χ1) is 10.5. The first-order valence-corrected chi connectivity index (χ1v) is 8.27. The van der Waals surface area contributed by atoms with Gasteiger partial charge in [-0.15, -0.1) is 0 Å². The van der Waals surface area contributed by atoms with E-state index in [0.29, 0.717) is 13.0 Å². The third-order valence-electron chi connectivity index (χ3n) is 4.86. The quantitative estimate of drug-likeness (QED) is 0.853. The zero-order valence-corrected chi connectivity index (χ0v) is 13.3. The van der Waals surface area contributed by atoms with Crippen LogP contribution < -0.4 is 0 Å². The van der Waals surface area contributed by atoms with E-state index in [2.05, 4.69) is 0 Å². The Bertz CT molecular complexity index is 432. The Labute approximate surface area is 131 Å². The van der Waals surface area contributed by atoms with E-state index in [-0.39, 0.29) is 30.3 Å². The second-order valence-electron chi connectivity index (χ2n) is 6.43. The smallest absolute Gasteiger partial charge is 0.323 e. The summed E-state index contributed by atoms with van der Waals surface area (Å²) in [6, 6.07) is -0.0741. The minimum absolute atomic E-state index is 0.0741. The van der Waals surface area contributed by atoms with Gasteiger partial charge in [-0.05, 0) is 32.1 Å². The van der Waals surface area contributed by atoms with Gasteiger partial charge in [0.2, 0.25) is 11.8 Å². The van der Waals surface area contributed by atoms with Crippen molar-refractivity contribution in [3.63, 3.8) is 0 Å². The Morgan fingerprint density at radius 1 is 1.05 bits per heavy atom. The standard InChI is InChI=1S/C16H26N2O4/c1-12(19)18(11-15(20)21)14-7-4-9-17(10-8-14)16(22)13-5-2-3-6-13/h13-14H,2-11H2,1H3,(H,20,21). The molecule has 2 rings (SSSR count). The normalized spacial score (nSPS) is 23.1. The summed E-state index contributed by atoms with van der Waals surface area (Å²) in [7, 11) is 0. The summed E-state index contributed by atoms with van der Waals surface area (Å²) in [5.41, 5.74) is 0. The van der Waals surface area contributed by atoms with Crippen LogP contribution in [0.2, 0.25) is 0 Å². The summed E-state index contributed by atoms with van der Waals surface area (Å²) >= 11 is 0. The second-order valence-corrected chi connectivity index (χ2v) is 6.43. The highest BCUT2D eigenvalue weighted by molar-refractivity contribution is 5.80. The molecule has 0 spiro atoms. The van der Waals surface area contributed by atoms with Gasteiger partial charge < -0.3 is 14.9 Å². The van der Waals surface area contributed by atoms with Crippen LogP contribution in [0, 0.1) is 5.92 Å². The molecule has 1 saturated heterocycles. The summed E-state index contributed by atoms with van der Waals surface area (Å²) in [6.45, 7) is 2.51. The zero-order valence-electron chi connectivity index (χ0n) is 13.3. The SMILES string of the molecule is CC(=O)N(CC(=O)O)C1CCCN(C(=O)C2CCCC2)CC1. The van der Waals surface area contributed by atoms with Crippen molar-refractivity contribution in [2.75, 3.05) is 19.6 Å². The number of likely N-dealkylation sites (tertiary alicyclic amines) is 1. The molecule has 22 heavy (non-hydrogen) atoms. The molecule has 0 aromatic heterocycles. The van der Waals surface area contributed by atoms with Crippen molar-refractivity contribution in [3.05, 3.63) is 0 Å². The lowest BCUT2D eigenvalue weighted by Crippen LogP contribution is -2.43. The number of rotatable bonds is 4. The fourth-order valence-electron chi connectivity index (χ4n) is 3.69. The molecule has 1 unspecified atom stereocenters. The molecule has 6 heteroatoms. The van der Waals surface area contributed by atoms with E-state index in [1.54, 1.807) is 0 Å². The maximum absolute atomic E-state index is 12.5. The van der Waals surface area contributed by atoms with Crippen LogP contribution in [-0.2, 0) is 14.4 Å². The Hall–Kier alpha value is -1.59. The lowest BCUT2D eigenvalue weighted by atomic mass is 10.1. The molecule has 1 saturated carbocycles. The highest BCUT2D eigenvalue weighted by Crippen LogP contribution is 2.28. The predicted molar refractivity (Wildman–Crippen MR) is 81.2 cm³/mol. The van der Waals surface area contributed by atoms with Gasteiger partial charge in [0.25, 0.3) is 0 Å². The molecule has 0 aromatic rings. The van der Waals surface area contributed by atoms with Gasteiger partial charge in [-0.1, -0.05) is 12.8 Å². The van der Waals surface area contributed by atoms with Gasteiger partial charge in [0.15, 0.2) is 0 Å². The van der Waals surface area contributed by atoms with Crippen LogP contribution in [0.25, 0.3) is 0 Å². The number of carbonyl (C=O) groups is 3. The molecule has 0 bridgehead atoms. The second kappa shape index (κ2) is 7.61. The number of aliphatic carboxylic acids is 1. The molecular weight excluding hydrogens is 284 g/mol. The minimum Gasteiger partial charge on any atom is -0.480 e. The van der Waals surface area contributed by atoms with E-state index in [1.165, 1.54) is 11.8 Å². The number of hydrogen-bond acceptors (Lipinski definition) is 3. The largest absolute Gasteiger partial charge is 0.480 e. The molecule has 1 heterocycles. The third-order valence-corrected chi connectivity index (χ3v) is 4.86. The van der Waals surface area contributed by atoms with Gasteiger partial charge in [-0.3, -0.25) is 14.4 Å². The minimum atomic E-state index is -0.988. The highest BCUT2D eigenvalue weighted by Gasteiger charge is 2.31. The number of amides is 2. The first kappa shape index (κ1) is 16.8. The number of nitrogens with zero attached hydrogens (tertiary/aromatic N) is 2. The van der Waals surface area contributed by atoms with E-state index < -0.39 is 5.97 Å². The van der Waals surface area contributed by atoms with E-state index in [9.17, 15) is 14.4 Å². The molecule has 6 nitrogen and oxygen atoms in total. The molecule has 1 aliphatic carbocycles. The van der Waals surface area contributed by atoms with Crippen LogP contribution in [0.4, 0.5) is 0 Å². The molecule has 2 aliphatic rings. The van der Waals surface area contributed by atoms with Crippen LogP contribution in [0.5, 0.6) is 0 Å². The third kappa shape index (κ3) is 4.21. The Kier molecular flexibility index (Phi) is 5.80. The van der Waals surface area contributed by atoms with Gasteiger partial charge in [0.1, 0.15) is 6.54 Å². The van der Waals surface area contributed by atoms with Crippen molar-refractivity contribution in [1.82, 2.24) is 9.80 Å². The van der Waals surface area contributed by atoms with E-state index in [4.69, 9.17) is 5.11 Å². The lowest BCUT2D eigenvalue weighted by Gasteiger charge is -2.29. The molecule has 0 aromatic carbocycles. The highest BCUT2D eigenvalue weighted by atomic mass is 16.4. The van der Waals surface area contributed by atoms with Crippen LogP contribution in [0.1, 0.15) is 51.9 Å². The van der Waals surface area contributed by atoms with Crippen molar-refractivity contribution >= 4 is 17.8 Å². The zero-order chi connectivity index (χ0) is 16.1. The summed E-state index contributed by atoms with van der Waals surface area (Å²) in [4.78, 5) is 38.5. The van der Waals surface area contributed by atoms with Gasteiger partial charge in [-0.2, -0.15) is 0 Å². The fraction of sp³-hybridized carbons (Fsp3) is 0.812. The molecule has 2 fully saturated rings. The average molecular weight is 310 g/mol. The summed E-state index contributed by atoms with van der Waals surface area (Å²) < 4.78 is 0. The molecule has 124 valence electrons. The molecule has 1 aliphatic heterocycles. The van der Waals surface area contributed by atoms with E-state index in [1.807, 2.05) is 4.90 Å². The van der Waals surface area contributed by atoms with Gasteiger partial charge in [-0.25, -0.2) is 0 Å². The fourth-order valence-corrected chi connectivity index (χ4v) is 3.69. The lowest BCUT2D eigenvalue weighted by molar-refractivity contribution is -0.145. The molecule has 1 N–H and O–H groups in total. The number of carbonyl (C=O) groups excluding carboxylic acids is 2. The van der Waals surface area contributed by atoms with Gasteiger partial charge in [0.05, 0.1) is 0 Å². The topological polar surface area (TPSA) is 77.9 Å². The van der Waals surface area contributed by atoms with Crippen LogP contribution in [0.3, 0.4) is 0 Å². The summed E-state index contributed by atoms with van der Waals surface area (Å²) in [6.07, 6.45) is 6.54. The number of hydrogen-bond donors (Lipinski definition) is 1. The van der Waals surface area contributed by atoms with Crippen molar-refractivity contribution in [2.45, 2.75) is 57.9 Å². The van der Waals surface area contributed by atoms with Crippen molar-refractivity contribution in [3.8, 4) is 0 Å². The van der Waals surface area contributed by atoms with E-state index >= 15 is 0 Å². The monoisotopic (exact) mass is 310 g/mol. The number of carboxylic acid groups (broad SMARTS) is 1. The van der Waals surface area contributed by atoms with E-state index in [0.717, 1.165) is 45.1 Å². The van der Waals surface area contributed by atoms with Gasteiger partial charge in [0, 0.05) is 32.0 Å². The first-order valence-electron chi connectivity index (χ1n) is 8.27. The van der Waals surface area contributed by atoms with Crippen molar-refractivity contribution < 1.29 is 19.5 Å². The Morgan fingerprint density at radius 2 is 1.73 bits per heavy atom. The molecule has 2 amide bonds. The maximum atomic E-state index is 12.5. The van der Waals surface area contributed by atoms with Crippen molar-refractivity contribution in [1.29, 1.82) is 0 Å². The summed E-state index contributed by atoms with van der Waals surface area (Å²) in [5, 5.41) is 8.96. The average Bonchev–Trinajstić information content (AvgIpc) is 2.89. The molecule has 0 radical (unpaired) electrons. The Morgan fingerprint density at radius 3 is 2.32 bits per heavy atom. The molecule has 1 atom stereocenters. The predicted octanol–water partition coefficient (Wildman–Crippen LogP) is 1.49. The summed E-state index contributed by atoms with van der Waals surface area (Å²) in [5.74, 6) is -0.758. The maximum Gasteiger partial charge on any atom is 0.323 e. The Balaban J connectivity index is 1.94. The van der Waals surface area contributed by atoms with Crippen molar-refractivity contribution in [2.24, 2.45) is 5.92 Å². The molecular formula is C16H26N2O4. The van der Waals surface area contributed by atoms with Crippen LogP contribution in [0.15, 0.2) is 0 Å². The van der Waals surface area contributed by atoms with Gasteiger partial charge >= 0.3 is 5.97 Å². The van der Waals surface area contributed by atoms with Crippen LogP contribution >= 0.6 is 0 Å². The number of carboxylic acids is 1. The van der Waals surface area contributed by atoms with Crippen LogP contribution in [-0.4, -0.2) is 58.4 Å².